The van der Waals surface area contributed by atoms with Gasteiger partial charge in [-0.05, 0) is 36.6 Å². The highest BCUT2D eigenvalue weighted by molar-refractivity contribution is 5.78. The van der Waals surface area contributed by atoms with Crippen LogP contribution in [0.15, 0.2) is 48.9 Å². The molecule has 0 radical (unpaired) electrons. The number of piperidine rings is 1. The summed E-state index contributed by atoms with van der Waals surface area (Å²) in [6.07, 6.45) is 7.72. The van der Waals surface area contributed by atoms with Crippen molar-refractivity contribution in [3.63, 3.8) is 0 Å². The summed E-state index contributed by atoms with van der Waals surface area (Å²) in [5.41, 5.74) is 0.942. The second kappa shape index (κ2) is 7.02. The lowest BCUT2D eigenvalue weighted by Gasteiger charge is -2.34. The van der Waals surface area contributed by atoms with Crippen molar-refractivity contribution in [2.45, 2.75) is 25.3 Å². The molecule has 3 rings (SSSR count). The first-order valence-corrected chi connectivity index (χ1v) is 7.65. The van der Waals surface area contributed by atoms with Crippen molar-refractivity contribution in [1.82, 2.24) is 15.3 Å². The third-order valence-corrected chi connectivity index (χ3v) is 3.85. The summed E-state index contributed by atoms with van der Waals surface area (Å²) in [5, 5.41) is 3.13. The lowest BCUT2D eigenvalue weighted by atomic mass is 10.0. The molecule has 1 fully saturated rings. The Bertz CT molecular complexity index is 603. The fraction of sp³-hybridized carbons (Fsp3) is 0.353. The summed E-state index contributed by atoms with van der Waals surface area (Å²) >= 11 is 0. The summed E-state index contributed by atoms with van der Waals surface area (Å²) < 4.78 is 0. The first-order valence-electron chi connectivity index (χ1n) is 7.65. The second-order valence-corrected chi connectivity index (χ2v) is 5.58. The van der Waals surface area contributed by atoms with Crippen LogP contribution in [0, 0.1) is 0 Å². The number of pyridine rings is 2. The Hall–Kier alpha value is -2.43. The molecule has 0 saturated carbocycles. The van der Waals surface area contributed by atoms with E-state index >= 15 is 0 Å². The van der Waals surface area contributed by atoms with Crippen molar-refractivity contribution in [2.75, 3.05) is 18.0 Å². The lowest BCUT2D eigenvalue weighted by Crippen LogP contribution is -2.48. The highest BCUT2D eigenvalue weighted by Gasteiger charge is 2.22. The predicted molar refractivity (Wildman–Crippen MR) is 85.6 cm³/mol. The zero-order valence-electron chi connectivity index (χ0n) is 12.5. The minimum atomic E-state index is 0.0564. The van der Waals surface area contributed by atoms with Crippen LogP contribution >= 0.6 is 0 Å². The number of rotatable bonds is 4. The van der Waals surface area contributed by atoms with Crippen LogP contribution in [0.2, 0.25) is 0 Å². The van der Waals surface area contributed by atoms with Crippen molar-refractivity contribution in [3.8, 4) is 0 Å². The van der Waals surface area contributed by atoms with Crippen molar-refractivity contribution in [2.24, 2.45) is 0 Å². The van der Waals surface area contributed by atoms with Gasteiger partial charge in [0.2, 0.25) is 5.91 Å². The number of hydrogen-bond donors (Lipinski definition) is 1. The van der Waals surface area contributed by atoms with Crippen LogP contribution in [-0.4, -0.2) is 35.0 Å². The molecule has 1 N–H and O–H groups in total. The van der Waals surface area contributed by atoms with Crippen molar-refractivity contribution in [1.29, 1.82) is 0 Å². The Labute approximate surface area is 130 Å². The lowest BCUT2D eigenvalue weighted by molar-refractivity contribution is -0.121. The number of hydrogen-bond acceptors (Lipinski definition) is 4. The summed E-state index contributed by atoms with van der Waals surface area (Å²) in [6, 6.07) is 9.88. The molecule has 0 aromatic carbocycles. The molecule has 0 spiro atoms. The molecule has 3 heterocycles. The molecular weight excluding hydrogens is 276 g/mol. The molecule has 1 amide bonds. The van der Waals surface area contributed by atoms with E-state index < -0.39 is 0 Å². The van der Waals surface area contributed by atoms with E-state index in [4.69, 9.17) is 0 Å². The van der Waals surface area contributed by atoms with Gasteiger partial charge in [-0.3, -0.25) is 9.78 Å². The molecule has 2 aromatic rings. The maximum atomic E-state index is 12.2. The van der Waals surface area contributed by atoms with Gasteiger partial charge in [0.15, 0.2) is 0 Å². The van der Waals surface area contributed by atoms with Crippen molar-refractivity contribution in [3.05, 3.63) is 54.5 Å². The zero-order chi connectivity index (χ0) is 15.2. The number of anilines is 1. The van der Waals surface area contributed by atoms with Crippen LogP contribution in [0.1, 0.15) is 18.4 Å². The minimum Gasteiger partial charge on any atom is -0.355 e. The third kappa shape index (κ3) is 3.81. The first-order chi connectivity index (χ1) is 10.8. The Morgan fingerprint density at radius 1 is 1.27 bits per heavy atom. The fourth-order valence-electron chi connectivity index (χ4n) is 2.81. The largest absolute Gasteiger partial charge is 0.355 e. The quantitative estimate of drug-likeness (QED) is 0.935. The van der Waals surface area contributed by atoms with E-state index in [2.05, 4.69) is 20.2 Å². The Morgan fingerprint density at radius 3 is 3.00 bits per heavy atom. The molecular formula is C17H20N4O. The predicted octanol–water partition coefficient (Wildman–Crippen LogP) is 1.80. The topological polar surface area (TPSA) is 58.1 Å². The number of nitrogens with zero attached hydrogens (tertiary/aromatic N) is 3. The molecule has 2 aromatic heterocycles. The monoisotopic (exact) mass is 296 g/mol. The summed E-state index contributed by atoms with van der Waals surface area (Å²) in [6.45, 7) is 1.81. The highest BCUT2D eigenvalue weighted by Crippen LogP contribution is 2.17. The van der Waals surface area contributed by atoms with E-state index in [1.807, 2.05) is 30.3 Å². The van der Waals surface area contributed by atoms with Crippen LogP contribution in [-0.2, 0) is 11.2 Å². The van der Waals surface area contributed by atoms with Gasteiger partial charge in [-0.25, -0.2) is 4.98 Å². The zero-order valence-corrected chi connectivity index (χ0v) is 12.5. The van der Waals surface area contributed by atoms with Crippen LogP contribution in [0.25, 0.3) is 0 Å². The maximum Gasteiger partial charge on any atom is 0.224 e. The summed E-state index contributed by atoms with van der Waals surface area (Å²) in [4.78, 5) is 22.8. The van der Waals surface area contributed by atoms with E-state index in [0.29, 0.717) is 6.42 Å². The van der Waals surface area contributed by atoms with Gasteiger partial charge in [0.05, 0.1) is 6.42 Å². The molecule has 0 bridgehead atoms. The Balaban J connectivity index is 1.55. The van der Waals surface area contributed by atoms with Crippen LogP contribution in [0.3, 0.4) is 0 Å². The average molecular weight is 296 g/mol. The number of carbonyl (C=O) groups is 1. The Kier molecular flexibility index (Phi) is 4.63. The molecule has 5 nitrogen and oxygen atoms in total. The minimum absolute atomic E-state index is 0.0564. The number of amides is 1. The van der Waals surface area contributed by atoms with Crippen LogP contribution in [0.4, 0.5) is 5.82 Å². The Morgan fingerprint density at radius 2 is 2.23 bits per heavy atom. The normalized spacial score (nSPS) is 18.0. The smallest absolute Gasteiger partial charge is 0.224 e. The number of carbonyl (C=O) groups excluding carboxylic acids is 1. The van der Waals surface area contributed by atoms with Crippen LogP contribution < -0.4 is 10.2 Å². The van der Waals surface area contributed by atoms with E-state index in [0.717, 1.165) is 37.3 Å². The third-order valence-electron chi connectivity index (χ3n) is 3.85. The van der Waals surface area contributed by atoms with Gasteiger partial charge in [-0.15, -0.1) is 0 Å². The molecule has 1 aliphatic heterocycles. The first kappa shape index (κ1) is 14.5. The fourth-order valence-corrected chi connectivity index (χ4v) is 2.81. The highest BCUT2D eigenvalue weighted by atomic mass is 16.1. The SMILES string of the molecule is O=C(Cc1cccnc1)N[C@@H]1CCCN(c2ccccn2)C1. The van der Waals surface area contributed by atoms with E-state index in [9.17, 15) is 4.79 Å². The van der Waals surface area contributed by atoms with Gasteiger partial charge >= 0.3 is 0 Å². The van der Waals surface area contributed by atoms with E-state index in [-0.39, 0.29) is 11.9 Å². The molecule has 5 heteroatoms. The van der Waals surface area contributed by atoms with Gasteiger partial charge in [-0.1, -0.05) is 12.1 Å². The number of aromatic nitrogens is 2. The molecule has 1 aliphatic rings. The maximum absolute atomic E-state index is 12.2. The summed E-state index contributed by atoms with van der Waals surface area (Å²) in [7, 11) is 0. The second-order valence-electron chi connectivity index (χ2n) is 5.58. The van der Waals surface area contributed by atoms with Crippen molar-refractivity contribution < 1.29 is 4.79 Å². The average Bonchev–Trinajstić information content (AvgIpc) is 2.57. The van der Waals surface area contributed by atoms with E-state index in [1.165, 1.54) is 0 Å². The van der Waals surface area contributed by atoms with Gasteiger partial charge < -0.3 is 10.2 Å². The number of nitrogens with one attached hydrogen (secondary N) is 1. The molecule has 1 saturated heterocycles. The standard InChI is InChI=1S/C17H20N4O/c22-17(11-14-5-3-8-18-12-14)20-15-6-4-10-21(13-15)16-7-1-2-9-19-16/h1-3,5,7-9,12,15H,4,6,10-11,13H2,(H,20,22)/t15-/m1/s1. The van der Waals surface area contributed by atoms with Gasteiger partial charge in [-0.2, -0.15) is 0 Å². The van der Waals surface area contributed by atoms with Crippen molar-refractivity contribution >= 4 is 11.7 Å². The molecule has 0 aliphatic carbocycles. The molecule has 1 atom stereocenters. The molecule has 114 valence electrons. The van der Waals surface area contributed by atoms with Gasteiger partial charge in [0.25, 0.3) is 0 Å². The molecule has 22 heavy (non-hydrogen) atoms. The van der Waals surface area contributed by atoms with Gasteiger partial charge in [0, 0.05) is 37.7 Å². The van der Waals surface area contributed by atoms with Crippen LogP contribution in [0.5, 0.6) is 0 Å². The van der Waals surface area contributed by atoms with Gasteiger partial charge in [0.1, 0.15) is 5.82 Å². The summed E-state index contributed by atoms with van der Waals surface area (Å²) in [5.74, 6) is 1.04. The van der Waals surface area contributed by atoms with E-state index in [1.54, 1.807) is 18.6 Å². The molecule has 0 unspecified atom stereocenters.